The fraction of sp³-hybridized carbons (Fsp3) is 0.526. The van der Waals surface area contributed by atoms with Gasteiger partial charge in [0, 0.05) is 0 Å². The zero-order valence-corrected chi connectivity index (χ0v) is 19.3. The van der Waals surface area contributed by atoms with E-state index < -0.39 is 16.1 Å². The summed E-state index contributed by atoms with van der Waals surface area (Å²) in [5.41, 5.74) is 0. The summed E-state index contributed by atoms with van der Waals surface area (Å²) in [6, 6.07) is 0. The molecular weight excluding hydrogens is 332 g/mol. The summed E-state index contributed by atoms with van der Waals surface area (Å²) in [6.45, 7) is 18.3. The molecule has 120 valence electrons. The van der Waals surface area contributed by atoms with Crippen molar-refractivity contribution in [2.24, 2.45) is 0 Å². The molecular formula is C19H32Si2Ti. The molecule has 0 aromatic rings. The normalized spacial score (nSPS) is 16.3. The van der Waals surface area contributed by atoms with Crippen molar-refractivity contribution in [3.05, 3.63) is 46.8 Å². The van der Waals surface area contributed by atoms with Crippen LogP contribution in [0, 0.1) is 12.2 Å². The minimum absolute atomic E-state index is 0.981. The largest absolute Gasteiger partial charge is 0.273 e. The first-order valence-corrected chi connectivity index (χ1v) is 15.8. The molecule has 0 aromatic carbocycles. The molecule has 2 aliphatic rings. The van der Waals surface area contributed by atoms with Crippen molar-refractivity contribution in [1.29, 1.82) is 0 Å². The van der Waals surface area contributed by atoms with Gasteiger partial charge in [0.05, 0.1) is 0 Å². The van der Waals surface area contributed by atoms with Crippen LogP contribution >= 0.6 is 0 Å². The molecule has 22 heavy (non-hydrogen) atoms. The summed E-state index contributed by atoms with van der Waals surface area (Å²) in [5, 5.41) is 3.12. The van der Waals surface area contributed by atoms with Gasteiger partial charge in [0.25, 0.3) is 0 Å². The Labute approximate surface area is 152 Å². The first-order valence-electron chi connectivity index (χ1n) is 8.01. The molecule has 0 saturated carbocycles. The first kappa shape index (κ1) is 22.0. The Morgan fingerprint density at radius 3 is 1.18 bits per heavy atom. The minimum Gasteiger partial charge on any atom is -0.273 e. The Hall–Kier alpha value is -0.0219. The third kappa shape index (κ3) is 10.7. The summed E-state index contributed by atoms with van der Waals surface area (Å²) >= 11 is 2.08. The molecule has 2 rings (SSSR count). The van der Waals surface area contributed by atoms with Gasteiger partial charge in [-0.15, -0.1) is 12.8 Å². The molecule has 0 N–H and O–H groups in total. The van der Waals surface area contributed by atoms with Crippen LogP contribution < -0.4 is 0 Å². The molecule has 0 nitrogen and oxygen atoms in total. The van der Waals surface area contributed by atoms with E-state index in [-0.39, 0.29) is 0 Å². The molecule has 0 saturated heterocycles. The van der Waals surface area contributed by atoms with Gasteiger partial charge in [0.1, 0.15) is 0 Å². The fourth-order valence-electron chi connectivity index (χ4n) is 1.84. The predicted octanol–water partition coefficient (Wildman–Crippen LogP) is 5.85. The van der Waals surface area contributed by atoms with Gasteiger partial charge in [-0.25, -0.2) is 22.5 Å². The zero-order valence-electron chi connectivity index (χ0n) is 15.7. The van der Waals surface area contributed by atoms with Gasteiger partial charge >= 0.3 is 37.6 Å². The molecule has 0 fully saturated rings. The second kappa shape index (κ2) is 9.97. The molecule has 0 atom stereocenters. The topological polar surface area (TPSA) is 0 Å². The number of allylic oxidation sites excluding steroid dienone is 8. The van der Waals surface area contributed by atoms with Crippen molar-refractivity contribution in [3.63, 3.8) is 0 Å². The SMILES string of the molecule is C[C](C)=[Ti+2].C[Si](C)(C)C1=CC[C-]=C1.C[Si](C)(C)C1=CC[C-]=C1. The van der Waals surface area contributed by atoms with E-state index in [0.717, 1.165) is 12.8 Å². The van der Waals surface area contributed by atoms with Crippen LogP contribution in [0.3, 0.4) is 0 Å². The Morgan fingerprint density at radius 1 is 0.818 bits per heavy atom. The molecule has 0 aromatic heterocycles. The van der Waals surface area contributed by atoms with E-state index in [2.05, 4.69) is 110 Å². The number of hydrogen-bond donors (Lipinski definition) is 0. The van der Waals surface area contributed by atoms with Crippen molar-refractivity contribution in [2.45, 2.75) is 66.0 Å². The predicted molar refractivity (Wildman–Crippen MR) is 104 cm³/mol. The summed E-state index contributed by atoms with van der Waals surface area (Å²) in [5.74, 6) is 0. The van der Waals surface area contributed by atoms with Gasteiger partial charge in [0.15, 0.2) is 0 Å². The average Bonchev–Trinajstić information content (AvgIpc) is 3.02. The van der Waals surface area contributed by atoms with Crippen molar-refractivity contribution < 1.29 is 20.0 Å². The second-order valence-corrected chi connectivity index (χ2v) is 19.6. The van der Waals surface area contributed by atoms with Gasteiger partial charge in [-0.2, -0.15) is 12.2 Å². The van der Waals surface area contributed by atoms with Crippen molar-refractivity contribution >= 4 is 20.0 Å². The quantitative estimate of drug-likeness (QED) is 0.426. The van der Waals surface area contributed by atoms with E-state index in [1.807, 2.05) is 0 Å². The molecule has 0 heterocycles. The summed E-state index contributed by atoms with van der Waals surface area (Å²) in [7, 11) is -1.96. The van der Waals surface area contributed by atoms with Crippen LogP contribution in [-0.4, -0.2) is 20.0 Å². The van der Waals surface area contributed by atoms with Crippen molar-refractivity contribution in [2.75, 3.05) is 0 Å². The van der Waals surface area contributed by atoms with Crippen LogP contribution in [0.4, 0.5) is 0 Å². The summed E-state index contributed by atoms with van der Waals surface area (Å²) in [4.78, 5) is 0. The van der Waals surface area contributed by atoms with Crippen LogP contribution in [-0.2, 0) is 20.0 Å². The van der Waals surface area contributed by atoms with Gasteiger partial charge < -0.3 is 0 Å². The zero-order chi connectivity index (χ0) is 17.4. The molecule has 0 radical (unpaired) electrons. The molecule has 2 aliphatic carbocycles. The Morgan fingerprint density at radius 2 is 1.09 bits per heavy atom. The molecule has 0 spiro atoms. The summed E-state index contributed by atoms with van der Waals surface area (Å²) in [6.07, 6.45) is 17.4. The van der Waals surface area contributed by atoms with Crippen LogP contribution in [0.5, 0.6) is 0 Å². The van der Waals surface area contributed by atoms with Crippen molar-refractivity contribution in [1.82, 2.24) is 0 Å². The van der Waals surface area contributed by atoms with Gasteiger partial charge in [0.2, 0.25) is 0 Å². The van der Waals surface area contributed by atoms with E-state index >= 15 is 0 Å². The van der Waals surface area contributed by atoms with Crippen LogP contribution in [0.1, 0.15) is 26.7 Å². The smallest absolute Gasteiger partial charge is 0.0114 e. The maximum Gasteiger partial charge on any atom is -0.0114 e. The van der Waals surface area contributed by atoms with Gasteiger partial charge in [-0.3, -0.25) is 12.2 Å². The second-order valence-electron chi connectivity index (χ2n) is 7.92. The van der Waals surface area contributed by atoms with Crippen LogP contribution in [0.2, 0.25) is 39.3 Å². The van der Waals surface area contributed by atoms with Crippen LogP contribution in [0.15, 0.2) is 34.7 Å². The Balaban J connectivity index is 0.000000326. The maximum absolute atomic E-state index is 3.20. The molecule has 0 bridgehead atoms. The van der Waals surface area contributed by atoms with E-state index in [0.29, 0.717) is 0 Å². The Bertz CT molecular complexity index is 437. The first-order chi connectivity index (χ1) is 9.94. The van der Waals surface area contributed by atoms with E-state index in [1.165, 1.54) is 3.81 Å². The third-order valence-corrected chi connectivity index (χ3v) is 7.29. The molecule has 0 aliphatic heterocycles. The third-order valence-electron chi connectivity index (χ3n) is 3.13. The standard InChI is InChI=1S/2C8H13Si.C3H6.Ti/c2*1-9(2,3)8-6-4-5-7-8;1-3-2;/h2*6-7H,4H2,1-3H3;1-2H3;/q2*-1;;+2. The fourth-order valence-corrected chi connectivity index (χ4v) is 4.34. The monoisotopic (exact) mass is 364 g/mol. The van der Waals surface area contributed by atoms with Gasteiger partial charge in [-0.05, 0) is 16.1 Å². The number of rotatable bonds is 2. The van der Waals surface area contributed by atoms with Crippen LogP contribution in [0.25, 0.3) is 0 Å². The van der Waals surface area contributed by atoms with E-state index in [9.17, 15) is 0 Å². The van der Waals surface area contributed by atoms with Crippen molar-refractivity contribution in [3.8, 4) is 0 Å². The maximum atomic E-state index is 3.20. The number of hydrogen-bond acceptors (Lipinski definition) is 0. The Kier molecular flexibility index (Phi) is 9.96. The molecule has 0 unspecified atom stereocenters. The summed E-state index contributed by atoms with van der Waals surface area (Å²) < 4.78 is 1.42. The average molecular weight is 365 g/mol. The van der Waals surface area contributed by atoms with Gasteiger partial charge in [-0.1, -0.05) is 39.3 Å². The molecule has 0 amide bonds. The minimum atomic E-state index is -0.981. The van der Waals surface area contributed by atoms with E-state index in [4.69, 9.17) is 0 Å². The molecule has 3 heteroatoms. The van der Waals surface area contributed by atoms with E-state index in [1.54, 1.807) is 10.4 Å².